The predicted molar refractivity (Wildman–Crippen MR) is 68.4 cm³/mol. The van der Waals surface area contributed by atoms with Gasteiger partial charge in [0.25, 0.3) is 5.89 Å². The van der Waals surface area contributed by atoms with Crippen LogP contribution in [-0.4, -0.2) is 54.0 Å². The number of aromatic nitrogens is 2. The predicted octanol–water partition coefficient (Wildman–Crippen LogP) is 0.327. The van der Waals surface area contributed by atoms with E-state index in [9.17, 15) is 0 Å². The topological polar surface area (TPSA) is 86.6 Å². The van der Waals surface area contributed by atoms with Gasteiger partial charge < -0.3 is 19.7 Å². The molecule has 1 aliphatic rings. The van der Waals surface area contributed by atoms with Crippen LogP contribution in [0.25, 0.3) is 0 Å². The van der Waals surface area contributed by atoms with E-state index in [1.54, 1.807) is 0 Å². The molecule has 0 saturated carbocycles. The Hall–Kier alpha value is -1.02. The van der Waals surface area contributed by atoms with Gasteiger partial charge in [0.15, 0.2) is 5.82 Å². The molecular formula is C12H22N4O3. The second-order valence-corrected chi connectivity index (χ2v) is 4.93. The van der Waals surface area contributed by atoms with Gasteiger partial charge in [-0.1, -0.05) is 5.16 Å². The Morgan fingerprint density at radius 3 is 2.79 bits per heavy atom. The fourth-order valence-electron chi connectivity index (χ4n) is 1.86. The smallest absolute Gasteiger partial charge is 0.252 e. The molecule has 1 aromatic rings. The van der Waals surface area contributed by atoms with Crippen LogP contribution < -0.4 is 5.73 Å². The van der Waals surface area contributed by atoms with Crippen molar-refractivity contribution in [3.05, 3.63) is 11.7 Å². The van der Waals surface area contributed by atoms with Crippen LogP contribution in [0.1, 0.15) is 31.6 Å². The molecule has 2 N–H and O–H groups in total. The fourth-order valence-corrected chi connectivity index (χ4v) is 1.86. The first-order valence-electron chi connectivity index (χ1n) is 6.65. The largest absolute Gasteiger partial charge is 0.379 e. The molecule has 1 unspecified atom stereocenters. The van der Waals surface area contributed by atoms with Gasteiger partial charge in [-0.2, -0.15) is 4.98 Å². The van der Waals surface area contributed by atoms with Gasteiger partial charge in [0.05, 0.1) is 25.4 Å². The average molecular weight is 270 g/mol. The second-order valence-electron chi connectivity index (χ2n) is 4.93. The Kier molecular flexibility index (Phi) is 5.26. The van der Waals surface area contributed by atoms with E-state index >= 15 is 0 Å². The minimum atomic E-state index is -0.241. The number of nitrogens with zero attached hydrogens (tertiary/aromatic N) is 3. The number of ether oxygens (including phenoxy) is 2. The third kappa shape index (κ3) is 4.54. The van der Waals surface area contributed by atoms with Gasteiger partial charge >= 0.3 is 0 Å². The Bertz CT molecular complexity index is 377. The third-order valence-electron chi connectivity index (χ3n) is 2.91. The minimum Gasteiger partial charge on any atom is -0.379 e. The van der Waals surface area contributed by atoms with Crippen molar-refractivity contribution in [1.29, 1.82) is 0 Å². The lowest BCUT2D eigenvalue weighted by atomic mass is 10.2. The summed E-state index contributed by atoms with van der Waals surface area (Å²) in [6.45, 7) is 8.27. The van der Waals surface area contributed by atoms with Crippen molar-refractivity contribution >= 4 is 0 Å². The van der Waals surface area contributed by atoms with Crippen molar-refractivity contribution in [3.8, 4) is 0 Å². The van der Waals surface area contributed by atoms with Gasteiger partial charge in [-0.05, 0) is 13.8 Å². The van der Waals surface area contributed by atoms with Crippen molar-refractivity contribution in [3.63, 3.8) is 0 Å². The van der Waals surface area contributed by atoms with E-state index in [1.807, 2.05) is 13.8 Å². The molecular weight excluding hydrogens is 248 g/mol. The number of nitrogens with two attached hydrogens (primary N) is 1. The molecule has 7 nitrogen and oxygen atoms in total. The molecule has 1 atom stereocenters. The Morgan fingerprint density at radius 1 is 1.37 bits per heavy atom. The zero-order valence-electron chi connectivity index (χ0n) is 11.5. The van der Waals surface area contributed by atoms with Crippen LogP contribution in [0, 0.1) is 0 Å². The highest BCUT2D eigenvalue weighted by atomic mass is 16.5. The van der Waals surface area contributed by atoms with Gasteiger partial charge in [-0.15, -0.1) is 0 Å². The van der Waals surface area contributed by atoms with Crippen molar-refractivity contribution in [2.45, 2.75) is 32.6 Å². The molecule has 1 fully saturated rings. The molecule has 0 bridgehead atoms. The fraction of sp³-hybridized carbons (Fsp3) is 0.833. The molecule has 0 amide bonds. The molecule has 7 heteroatoms. The van der Waals surface area contributed by atoms with Gasteiger partial charge in [0.1, 0.15) is 6.61 Å². The van der Waals surface area contributed by atoms with E-state index in [-0.39, 0.29) is 12.1 Å². The Balaban J connectivity index is 1.82. The van der Waals surface area contributed by atoms with Crippen LogP contribution in [-0.2, 0) is 16.1 Å². The van der Waals surface area contributed by atoms with Gasteiger partial charge in [0.2, 0.25) is 0 Å². The van der Waals surface area contributed by atoms with Gasteiger partial charge in [-0.3, -0.25) is 4.90 Å². The summed E-state index contributed by atoms with van der Waals surface area (Å²) < 4.78 is 15.8. The average Bonchev–Trinajstić information content (AvgIpc) is 2.86. The number of rotatable bonds is 6. The van der Waals surface area contributed by atoms with Crippen molar-refractivity contribution < 1.29 is 14.0 Å². The minimum absolute atomic E-state index is 0.136. The highest BCUT2D eigenvalue weighted by molar-refractivity contribution is 4.93. The summed E-state index contributed by atoms with van der Waals surface area (Å²) in [7, 11) is 0. The van der Waals surface area contributed by atoms with Gasteiger partial charge in [0, 0.05) is 19.6 Å². The zero-order chi connectivity index (χ0) is 13.7. The summed E-state index contributed by atoms with van der Waals surface area (Å²) in [4.78, 5) is 6.51. The van der Waals surface area contributed by atoms with Crippen molar-refractivity contribution in [2.24, 2.45) is 5.73 Å². The van der Waals surface area contributed by atoms with E-state index in [2.05, 4.69) is 15.0 Å². The summed E-state index contributed by atoms with van der Waals surface area (Å²) in [6.07, 6.45) is 0.136. The standard InChI is InChI=1S/C12H22N4O3/c1-9(2)18-8-11-14-12(15-19-11)10(13)7-16-3-5-17-6-4-16/h9-10H,3-8,13H2,1-2H3. The molecule has 2 rings (SSSR count). The quantitative estimate of drug-likeness (QED) is 0.796. The number of hydrogen-bond acceptors (Lipinski definition) is 7. The normalized spacial score (nSPS) is 18.9. The molecule has 19 heavy (non-hydrogen) atoms. The van der Waals surface area contributed by atoms with E-state index < -0.39 is 0 Å². The molecule has 0 aromatic carbocycles. The third-order valence-corrected chi connectivity index (χ3v) is 2.91. The zero-order valence-corrected chi connectivity index (χ0v) is 11.5. The second kappa shape index (κ2) is 6.95. The van der Waals surface area contributed by atoms with E-state index in [0.717, 1.165) is 26.3 Å². The van der Waals surface area contributed by atoms with E-state index in [4.69, 9.17) is 19.7 Å². The molecule has 0 aliphatic carbocycles. The SMILES string of the molecule is CC(C)OCc1nc(C(N)CN2CCOCC2)no1. The maximum atomic E-state index is 6.09. The van der Waals surface area contributed by atoms with Gasteiger partial charge in [-0.25, -0.2) is 0 Å². The van der Waals surface area contributed by atoms with Crippen LogP contribution in [0.5, 0.6) is 0 Å². The summed E-state index contributed by atoms with van der Waals surface area (Å²) in [5.74, 6) is 1.01. The Morgan fingerprint density at radius 2 is 2.11 bits per heavy atom. The van der Waals surface area contributed by atoms with Crippen LogP contribution in [0.4, 0.5) is 0 Å². The lowest BCUT2D eigenvalue weighted by molar-refractivity contribution is 0.0348. The van der Waals surface area contributed by atoms with Crippen LogP contribution in [0.3, 0.4) is 0 Å². The number of hydrogen-bond donors (Lipinski definition) is 1. The van der Waals surface area contributed by atoms with E-state index in [1.165, 1.54) is 0 Å². The summed E-state index contributed by atoms with van der Waals surface area (Å²) in [6, 6.07) is -0.241. The van der Waals surface area contributed by atoms with Crippen LogP contribution in [0.2, 0.25) is 0 Å². The van der Waals surface area contributed by atoms with Crippen LogP contribution in [0.15, 0.2) is 4.52 Å². The highest BCUT2D eigenvalue weighted by Crippen LogP contribution is 2.10. The van der Waals surface area contributed by atoms with Crippen molar-refractivity contribution in [1.82, 2.24) is 15.0 Å². The lowest BCUT2D eigenvalue weighted by Gasteiger charge is -2.27. The summed E-state index contributed by atoms with van der Waals surface area (Å²) in [5.41, 5.74) is 6.09. The first-order valence-corrected chi connectivity index (χ1v) is 6.65. The molecule has 0 radical (unpaired) electrons. The molecule has 1 aliphatic heterocycles. The molecule has 1 saturated heterocycles. The van der Waals surface area contributed by atoms with Crippen LogP contribution >= 0.6 is 0 Å². The van der Waals surface area contributed by atoms with E-state index in [0.29, 0.717) is 24.9 Å². The number of morpholine rings is 1. The molecule has 2 heterocycles. The summed E-state index contributed by atoms with van der Waals surface area (Å²) in [5, 5.41) is 3.91. The molecule has 1 aromatic heterocycles. The first kappa shape index (κ1) is 14.4. The summed E-state index contributed by atoms with van der Waals surface area (Å²) >= 11 is 0. The maximum Gasteiger partial charge on any atom is 0.252 e. The molecule has 0 spiro atoms. The first-order chi connectivity index (χ1) is 9.15. The molecule has 108 valence electrons. The monoisotopic (exact) mass is 270 g/mol. The highest BCUT2D eigenvalue weighted by Gasteiger charge is 2.19. The van der Waals surface area contributed by atoms with Crippen molar-refractivity contribution in [2.75, 3.05) is 32.8 Å². The lowest BCUT2D eigenvalue weighted by Crippen LogP contribution is -2.40. The Labute approximate surface area is 113 Å². The maximum absolute atomic E-state index is 6.09.